The monoisotopic (exact) mass is 355 g/mol. The molecular formula is C21H29N3O2. The molecule has 0 atom stereocenters. The quantitative estimate of drug-likeness (QED) is 0.411. The minimum atomic E-state index is 0.630. The maximum atomic E-state index is 5.63. The number of hydrogen-bond donors (Lipinski definition) is 2. The molecule has 2 aromatic rings. The number of nitrogens with one attached hydrogen (secondary N) is 2. The SMILES string of the molecule is CCOc1cc(CCCNC(=NC)NCc2ccccc2)ccc1OC. The Hall–Kier alpha value is -2.69. The lowest BCUT2D eigenvalue weighted by molar-refractivity contribution is 0.310. The number of nitrogens with zero attached hydrogens (tertiary/aromatic N) is 1. The van der Waals surface area contributed by atoms with Crippen LogP contribution in [0.15, 0.2) is 53.5 Å². The summed E-state index contributed by atoms with van der Waals surface area (Å²) in [7, 11) is 3.45. The first-order valence-corrected chi connectivity index (χ1v) is 9.05. The van der Waals surface area contributed by atoms with Crippen LogP contribution in [-0.4, -0.2) is 33.3 Å². The van der Waals surface area contributed by atoms with Crippen molar-refractivity contribution in [1.29, 1.82) is 0 Å². The second-order valence-electron chi connectivity index (χ2n) is 5.86. The second-order valence-corrected chi connectivity index (χ2v) is 5.86. The Labute approximate surface area is 156 Å². The van der Waals surface area contributed by atoms with Crippen LogP contribution in [0, 0.1) is 0 Å². The van der Waals surface area contributed by atoms with E-state index in [1.165, 1.54) is 11.1 Å². The molecule has 0 saturated heterocycles. The smallest absolute Gasteiger partial charge is 0.191 e. The van der Waals surface area contributed by atoms with Crippen molar-refractivity contribution in [3.05, 3.63) is 59.7 Å². The van der Waals surface area contributed by atoms with E-state index in [-0.39, 0.29) is 0 Å². The van der Waals surface area contributed by atoms with Crippen molar-refractivity contribution in [3.8, 4) is 11.5 Å². The normalized spacial score (nSPS) is 11.1. The van der Waals surface area contributed by atoms with Gasteiger partial charge in [0.2, 0.25) is 0 Å². The van der Waals surface area contributed by atoms with Crippen LogP contribution in [0.4, 0.5) is 0 Å². The van der Waals surface area contributed by atoms with Gasteiger partial charge in [-0.05, 0) is 43.0 Å². The van der Waals surface area contributed by atoms with Gasteiger partial charge in [0.05, 0.1) is 13.7 Å². The molecule has 0 aliphatic heterocycles. The van der Waals surface area contributed by atoms with Crippen molar-refractivity contribution in [1.82, 2.24) is 10.6 Å². The Bertz CT molecular complexity index is 687. The summed E-state index contributed by atoms with van der Waals surface area (Å²) in [6.07, 6.45) is 1.97. The first kappa shape index (κ1) is 19.6. The molecule has 26 heavy (non-hydrogen) atoms. The zero-order chi connectivity index (χ0) is 18.6. The molecule has 0 amide bonds. The van der Waals surface area contributed by atoms with E-state index < -0.39 is 0 Å². The Morgan fingerprint density at radius 2 is 1.81 bits per heavy atom. The Morgan fingerprint density at radius 1 is 1.00 bits per heavy atom. The van der Waals surface area contributed by atoms with E-state index in [0.29, 0.717) is 6.61 Å². The van der Waals surface area contributed by atoms with Gasteiger partial charge in [0.25, 0.3) is 0 Å². The highest BCUT2D eigenvalue weighted by molar-refractivity contribution is 5.79. The van der Waals surface area contributed by atoms with E-state index in [1.807, 2.05) is 31.2 Å². The molecule has 0 aliphatic carbocycles. The van der Waals surface area contributed by atoms with Gasteiger partial charge in [-0.3, -0.25) is 4.99 Å². The van der Waals surface area contributed by atoms with Crippen LogP contribution >= 0.6 is 0 Å². The van der Waals surface area contributed by atoms with Crippen molar-refractivity contribution in [2.75, 3.05) is 27.3 Å². The first-order valence-electron chi connectivity index (χ1n) is 9.05. The highest BCUT2D eigenvalue weighted by Crippen LogP contribution is 2.28. The molecule has 2 N–H and O–H groups in total. The fourth-order valence-corrected chi connectivity index (χ4v) is 2.65. The van der Waals surface area contributed by atoms with Crippen molar-refractivity contribution < 1.29 is 9.47 Å². The minimum absolute atomic E-state index is 0.630. The molecule has 5 nitrogen and oxygen atoms in total. The van der Waals surface area contributed by atoms with Crippen LogP contribution in [0.5, 0.6) is 11.5 Å². The van der Waals surface area contributed by atoms with Crippen LogP contribution in [0.3, 0.4) is 0 Å². The van der Waals surface area contributed by atoms with Gasteiger partial charge in [-0.1, -0.05) is 36.4 Å². The maximum Gasteiger partial charge on any atom is 0.191 e. The molecule has 140 valence electrons. The lowest BCUT2D eigenvalue weighted by Gasteiger charge is -2.13. The van der Waals surface area contributed by atoms with Gasteiger partial charge in [0.15, 0.2) is 17.5 Å². The maximum absolute atomic E-state index is 5.63. The number of hydrogen-bond acceptors (Lipinski definition) is 3. The van der Waals surface area contributed by atoms with Crippen molar-refractivity contribution >= 4 is 5.96 Å². The Balaban J connectivity index is 1.75. The summed E-state index contributed by atoms with van der Waals surface area (Å²) in [5.41, 5.74) is 2.47. The van der Waals surface area contributed by atoms with Gasteiger partial charge < -0.3 is 20.1 Å². The summed E-state index contributed by atoms with van der Waals surface area (Å²) in [5.74, 6) is 2.40. The van der Waals surface area contributed by atoms with E-state index in [4.69, 9.17) is 9.47 Å². The fraction of sp³-hybridized carbons (Fsp3) is 0.381. The van der Waals surface area contributed by atoms with Gasteiger partial charge in [0.1, 0.15) is 0 Å². The van der Waals surface area contributed by atoms with Crippen LogP contribution in [0.1, 0.15) is 24.5 Å². The predicted molar refractivity (Wildman–Crippen MR) is 107 cm³/mol. The van der Waals surface area contributed by atoms with E-state index >= 15 is 0 Å². The van der Waals surface area contributed by atoms with Gasteiger partial charge in [-0.15, -0.1) is 0 Å². The van der Waals surface area contributed by atoms with E-state index in [0.717, 1.165) is 43.4 Å². The molecule has 0 aliphatic rings. The van der Waals surface area contributed by atoms with E-state index in [9.17, 15) is 0 Å². The molecule has 0 heterocycles. The van der Waals surface area contributed by atoms with Crippen LogP contribution in [0.25, 0.3) is 0 Å². The van der Waals surface area contributed by atoms with Gasteiger partial charge in [-0.2, -0.15) is 0 Å². The molecule has 0 fully saturated rings. The van der Waals surface area contributed by atoms with E-state index in [1.54, 1.807) is 14.2 Å². The Kier molecular flexibility index (Phi) is 8.33. The summed E-state index contributed by atoms with van der Waals surface area (Å²) < 4.78 is 11.0. The predicted octanol–water partition coefficient (Wildman–Crippen LogP) is 3.39. The molecule has 0 spiro atoms. The average Bonchev–Trinajstić information content (AvgIpc) is 2.68. The lowest BCUT2D eigenvalue weighted by Crippen LogP contribution is -2.37. The van der Waals surface area contributed by atoms with Crippen LogP contribution in [-0.2, 0) is 13.0 Å². The standard InChI is InChI=1S/C21H29N3O2/c1-4-26-20-15-17(12-13-19(20)25-3)11-8-14-23-21(22-2)24-16-18-9-6-5-7-10-18/h5-7,9-10,12-13,15H,4,8,11,14,16H2,1-3H3,(H2,22,23,24). The van der Waals surface area contributed by atoms with E-state index in [2.05, 4.69) is 39.9 Å². The third kappa shape index (κ3) is 6.31. The summed E-state index contributed by atoms with van der Waals surface area (Å²) >= 11 is 0. The van der Waals surface area contributed by atoms with Gasteiger partial charge in [0, 0.05) is 20.1 Å². The highest BCUT2D eigenvalue weighted by atomic mass is 16.5. The van der Waals surface area contributed by atoms with Gasteiger partial charge in [-0.25, -0.2) is 0 Å². The number of aliphatic imine (C=N–C) groups is 1. The van der Waals surface area contributed by atoms with Crippen molar-refractivity contribution in [2.45, 2.75) is 26.3 Å². The number of methoxy groups -OCH3 is 1. The topological polar surface area (TPSA) is 54.9 Å². The first-order chi connectivity index (χ1) is 12.8. The fourth-order valence-electron chi connectivity index (χ4n) is 2.65. The molecule has 0 unspecified atom stereocenters. The van der Waals surface area contributed by atoms with Crippen LogP contribution < -0.4 is 20.1 Å². The zero-order valence-corrected chi connectivity index (χ0v) is 15.9. The highest BCUT2D eigenvalue weighted by Gasteiger charge is 2.05. The number of guanidine groups is 1. The molecular weight excluding hydrogens is 326 g/mol. The number of aryl methyl sites for hydroxylation is 1. The molecule has 5 heteroatoms. The molecule has 0 saturated carbocycles. The Morgan fingerprint density at radius 3 is 2.50 bits per heavy atom. The van der Waals surface area contributed by atoms with Crippen LogP contribution in [0.2, 0.25) is 0 Å². The zero-order valence-electron chi connectivity index (χ0n) is 15.9. The average molecular weight is 355 g/mol. The molecule has 0 aromatic heterocycles. The number of benzene rings is 2. The molecule has 2 rings (SSSR count). The largest absolute Gasteiger partial charge is 0.493 e. The molecule has 0 bridgehead atoms. The summed E-state index contributed by atoms with van der Waals surface area (Å²) in [4.78, 5) is 4.27. The van der Waals surface area contributed by atoms with Crippen molar-refractivity contribution in [3.63, 3.8) is 0 Å². The minimum Gasteiger partial charge on any atom is -0.493 e. The third-order valence-electron chi connectivity index (χ3n) is 3.99. The second kappa shape index (κ2) is 11.0. The summed E-state index contributed by atoms with van der Waals surface area (Å²) in [6, 6.07) is 16.4. The van der Waals surface area contributed by atoms with Crippen molar-refractivity contribution in [2.24, 2.45) is 4.99 Å². The summed E-state index contributed by atoms with van der Waals surface area (Å²) in [6.45, 7) is 4.22. The molecule has 0 radical (unpaired) electrons. The number of rotatable bonds is 9. The molecule has 2 aromatic carbocycles. The number of ether oxygens (including phenoxy) is 2. The third-order valence-corrected chi connectivity index (χ3v) is 3.99. The summed E-state index contributed by atoms with van der Waals surface area (Å²) in [5, 5.41) is 6.68. The van der Waals surface area contributed by atoms with Gasteiger partial charge >= 0.3 is 0 Å². The lowest BCUT2D eigenvalue weighted by atomic mass is 10.1.